The molecule has 1 aromatic rings. The van der Waals surface area contributed by atoms with Crippen LogP contribution >= 0.6 is 15.9 Å². The molecule has 6 heteroatoms. The lowest BCUT2D eigenvalue weighted by Crippen LogP contribution is -2.18. The highest BCUT2D eigenvalue weighted by Crippen LogP contribution is 2.21. The van der Waals surface area contributed by atoms with E-state index in [1.165, 1.54) is 0 Å². The minimum Gasteiger partial charge on any atom is -0.396 e. The van der Waals surface area contributed by atoms with Gasteiger partial charge in [0.2, 0.25) is 10.0 Å². The molecule has 0 heterocycles. The minimum absolute atomic E-state index is 0.0704. The van der Waals surface area contributed by atoms with Crippen LogP contribution < -0.4 is 4.72 Å². The first kappa shape index (κ1) is 13.5. The zero-order chi connectivity index (χ0) is 12.2. The fourth-order valence-electron chi connectivity index (χ4n) is 1.21. The summed E-state index contributed by atoms with van der Waals surface area (Å²) in [6.45, 7) is 1.70. The van der Waals surface area contributed by atoms with Crippen LogP contribution in [0.25, 0.3) is 0 Å². The number of anilines is 1. The van der Waals surface area contributed by atoms with Crippen molar-refractivity contribution in [1.82, 2.24) is 0 Å². The molecule has 16 heavy (non-hydrogen) atoms. The third kappa shape index (κ3) is 4.11. The van der Waals surface area contributed by atoms with Crippen molar-refractivity contribution in [2.75, 3.05) is 17.1 Å². The van der Waals surface area contributed by atoms with E-state index in [1.54, 1.807) is 12.1 Å². The molecule has 0 aliphatic carbocycles. The number of nitrogens with one attached hydrogen (secondary N) is 1. The summed E-state index contributed by atoms with van der Waals surface area (Å²) in [6.07, 6.45) is 0.241. The Bertz CT molecular complexity index is 459. The van der Waals surface area contributed by atoms with Crippen LogP contribution in [0.15, 0.2) is 22.7 Å². The first-order valence-electron chi connectivity index (χ1n) is 4.82. The van der Waals surface area contributed by atoms with Crippen molar-refractivity contribution in [1.29, 1.82) is 0 Å². The Morgan fingerprint density at radius 2 is 2.12 bits per heavy atom. The fraction of sp³-hybridized carbons (Fsp3) is 0.400. The van der Waals surface area contributed by atoms with Crippen molar-refractivity contribution in [2.45, 2.75) is 13.3 Å². The van der Waals surface area contributed by atoms with Gasteiger partial charge in [-0.05, 0) is 37.1 Å². The molecule has 0 saturated heterocycles. The third-order valence-corrected chi connectivity index (χ3v) is 3.88. The summed E-state index contributed by atoms with van der Waals surface area (Å²) >= 11 is 3.31. The van der Waals surface area contributed by atoms with E-state index in [2.05, 4.69) is 20.7 Å². The largest absolute Gasteiger partial charge is 0.396 e. The van der Waals surface area contributed by atoms with Gasteiger partial charge in [-0.1, -0.05) is 15.9 Å². The number of aliphatic hydroxyl groups is 1. The Hall–Kier alpha value is -0.590. The fourth-order valence-corrected chi connectivity index (χ4v) is 2.87. The van der Waals surface area contributed by atoms with Crippen molar-refractivity contribution >= 4 is 31.6 Å². The molecular weight excluding hydrogens is 294 g/mol. The Balaban J connectivity index is 2.80. The molecule has 0 aliphatic rings. The summed E-state index contributed by atoms with van der Waals surface area (Å²) in [6, 6.07) is 5.32. The lowest BCUT2D eigenvalue weighted by molar-refractivity contribution is 0.295. The standard InChI is InChI=1S/C10H14BrNO3S/c1-8-7-9(11)3-4-10(8)12-16(14,15)6-2-5-13/h3-4,7,12-13H,2,5-6H2,1H3. The molecule has 0 saturated carbocycles. The topological polar surface area (TPSA) is 66.4 Å². The van der Waals surface area contributed by atoms with Gasteiger partial charge < -0.3 is 5.11 Å². The molecule has 0 radical (unpaired) electrons. The maximum absolute atomic E-state index is 11.6. The van der Waals surface area contributed by atoms with E-state index in [-0.39, 0.29) is 18.8 Å². The van der Waals surface area contributed by atoms with E-state index in [1.807, 2.05) is 13.0 Å². The van der Waals surface area contributed by atoms with Gasteiger partial charge in [0, 0.05) is 11.1 Å². The molecule has 1 rings (SSSR count). The zero-order valence-electron chi connectivity index (χ0n) is 8.90. The minimum atomic E-state index is -3.36. The van der Waals surface area contributed by atoms with Gasteiger partial charge in [-0.3, -0.25) is 4.72 Å². The number of aliphatic hydroxyl groups excluding tert-OH is 1. The van der Waals surface area contributed by atoms with Crippen LogP contribution in [-0.2, 0) is 10.0 Å². The molecule has 0 amide bonds. The number of halogens is 1. The quantitative estimate of drug-likeness (QED) is 0.873. The Morgan fingerprint density at radius 1 is 1.44 bits per heavy atom. The van der Waals surface area contributed by atoms with Crippen LogP contribution in [0, 0.1) is 6.92 Å². The number of sulfonamides is 1. The number of benzene rings is 1. The average Bonchev–Trinajstić information content (AvgIpc) is 2.19. The highest BCUT2D eigenvalue weighted by atomic mass is 79.9. The van der Waals surface area contributed by atoms with Gasteiger partial charge in [-0.2, -0.15) is 0 Å². The molecule has 90 valence electrons. The molecule has 0 atom stereocenters. The van der Waals surface area contributed by atoms with Crippen LogP contribution in [0.3, 0.4) is 0 Å². The summed E-state index contributed by atoms with van der Waals surface area (Å²) in [5.74, 6) is -0.0704. The third-order valence-electron chi connectivity index (χ3n) is 2.03. The van der Waals surface area contributed by atoms with E-state index in [4.69, 9.17) is 5.11 Å². The first-order chi connectivity index (χ1) is 7.44. The summed E-state index contributed by atoms with van der Waals surface area (Å²) < 4.78 is 26.5. The Kier molecular flexibility index (Phi) is 4.76. The van der Waals surface area contributed by atoms with Crippen LogP contribution in [-0.4, -0.2) is 25.9 Å². The van der Waals surface area contributed by atoms with Crippen LogP contribution in [0.5, 0.6) is 0 Å². The van der Waals surface area contributed by atoms with E-state index in [9.17, 15) is 8.42 Å². The average molecular weight is 308 g/mol. The maximum Gasteiger partial charge on any atom is 0.232 e. The van der Waals surface area contributed by atoms with Crippen LogP contribution in [0.4, 0.5) is 5.69 Å². The summed E-state index contributed by atoms with van der Waals surface area (Å²) in [4.78, 5) is 0. The van der Waals surface area contributed by atoms with Gasteiger partial charge in [-0.25, -0.2) is 8.42 Å². The predicted molar refractivity (Wildman–Crippen MR) is 68.0 cm³/mol. The SMILES string of the molecule is Cc1cc(Br)ccc1NS(=O)(=O)CCCO. The lowest BCUT2D eigenvalue weighted by atomic mass is 10.2. The second-order valence-electron chi connectivity index (χ2n) is 3.46. The van der Waals surface area contributed by atoms with E-state index >= 15 is 0 Å². The molecule has 0 fully saturated rings. The normalized spacial score (nSPS) is 11.4. The van der Waals surface area contributed by atoms with Crippen molar-refractivity contribution in [3.05, 3.63) is 28.2 Å². The van der Waals surface area contributed by atoms with Gasteiger partial charge in [0.15, 0.2) is 0 Å². The van der Waals surface area contributed by atoms with Gasteiger partial charge in [0.25, 0.3) is 0 Å². The van der Waals surface area contributed by atoms with Crippen molar-refractivity contribution < 1.29 is 13.5 Å². The van der Waals surface area contributed by atoms with Crippen molar-refractivity contribution in [3.63, 3.8) is 0 Å². The molecule has 0 aliphatic heterocycles. The van der Waals surface area contributed by atoms with Crippen LogP contribution in [0.2, 0.25) is 0 Å². The van der Waals surface area contributed by atoms with E-state index in [0.717, 1.165) is 10.0 Å². The molecule has 0 aromatic heterocycles. The zero-order valence-corrected chi connectivity index (χ0v) is 11.3. The highest BCUT2D eigenvalue weighted by molar-refractivity contribution is 9.10. The highest BCUT2D eigenvalue weighted by Gasteiger charge is 2.11. The van der Waals surface area contributed by atoms with Gasteiger partial charge >= 0.3 is 0 Å². The van der Waals surface area contributed by atoms with Crippen molar-refractivity contribution in [2.24, 2.45) is 0 Å². The molecule has 2 N–H and O–H groups in total. The van der Waals surface area contributed by atoms with E-state index < -0.39 is 10.0 Å². The molecule has 4 nitrogen and oxygen atoms in total. The number of rotatable bonds is 5. The van der Waals surface area contributed by atoms with Gasteiger partial charge in [-0.15, -0.1) is 0 Å². The Morgan fingerprint density at radius 3 is 2.69 bits per heavy atom. The first-order valence-corrected chi connectivity index (χ1v) is 7.26. The number of hydrogen-bond acceptors (Lipinski definition) is 3. The molecule has 0 bridgehead atoms. The summed E-state index contributed by atoms with van der Waals surface area (Å²) in [7, 11) is -3.36. The van der Waals surface area contributed by atoms with Crippen LogP contribution in [0.1, 0.15) is 12.0 Å². The summed E-state index contributed by atoms with van der Waals surface area (Å²) in [5.41, 5.74) is 1.42. The molecule has 0 unspecified atom stereocenters. The van der Waals surface area contributed by atoms with E-state index in [0.29, 0.717) is 5.69 Å². The second-order valence-corrected chi connectivity index (χ2v) is 6.21. The smallest absolute Gasteiger partial charge is 0.232 e. The van der Waals surface area contributed by atoms with Gasteiger partial charge in [0.1, 0.15) is 0 Å². The molecular formula is C10H14BrNO3S. The number of aryl methyl sites for hydroxylation is 1. The lowest BCUT2D eigenvalue weighted by Gasteiger charge is -2.10. The molecule has 1 aromatic carbocycles. The Labute approximate surface area is 104 Å². The maximum atomic E-state index is 11.6. The monoisotopic (exact) mass is 307 g/mol. The molecule has 0 spiro atoms. The number of hydrogen-bond donors (Lipinski definition) is 2. The second kappa shape index (κ2) is 5.65. The van der Waals surface area contributed by atoms with Crippen molar-refractivity contribution in [3.8, 4) is 0 Å². The predicted octanol–water partition coefficient (Wildman–Crippen LogP) is 1.88. The summed E-state index contributed by atoms with van der Waals surface area (Å²) in [5, 5.41) is 8.59. The van der Waals surface area contributed by atoms with Gasteiger partial charge in [0.05, 0.1) is 11.4 Å².